The monoisotopic (exact) mass is 278 g/mol. The number of ether oxygens (including phenoxy) is 1. The van der Waals surface area contributed by atoms with Crippen LogP contribution in [0, 0.1) is 0 Å². The second kappa shape index (κ2) is 6.61. The van der Waals surface area contributed by atoms with Crippen molar-refractivity contribution in [3.63, 3.8) is 0 Å². The summed E-state index contributed by atoms with van der Waals surface area (Å²) >= 11 is 0. The number of hydrogen-bond donors (Lipinski definition) is 2. The highest BCUT2D eigenvalue weighted by atomic mass is 16.5. The Hall–Kier alpha value is -1.75. The average Bonchev–Trinajstić information content (AvgIpc) is 2.91. The minimum Gasteiger partial charge on any atom is -0.478 e. The second-order valence-corrected chi connectivity index (χ2v) is 5.28. The number of anilines is 2. The molecule has 3 N–H and O–H groups in total. The SMILES string of the molecule is CN(CCCC1CCCO1)c1ccc(C(=O)O)cc1N. The smallest absolute Gasteiger partial charge is 0.335 e. The Kier molecular flexibility index (Phi) is 4.84. The molecule has 0 amide bonds. The molecule has 1 fully saturated rings. The van der Waals surface area contributed by atoms with Crippen molar-refractivity contribution in [3.05, 3.63) is 23.8 Å². The van der Waals surface area contributed by atoms with Gasteiger partial charge in [0.15, 0.2) is 0 Å². The lowest BCUT2D eigenvalue weighted by atomic mass is 10.1. The average molecular weight is 278 g/mol. The molecule has 5 heteroatoms. The van der Waals surface area contributed by atoms with Crippen LogP contribution < -0.4 is 10.6 Å². The van der Waals surface area contributed by atoms with Gasteiger partial charge in [0, 0.05) is 20.2 Å². The molecule has 1 aliphatic rings. The van der Waals surface area contributed by atoms with E-state index >= 15 is 0 Å². The predicted octanol–water partition coefficient (Wildman–Crippen LogP) is 2.36. The number of carbonyl (C=O) groups is 1. The number of nitrogens with two attached hydrogens (primary N) is 1. The maximum absolute atomic E-state index is 10.9. The molecule has 0 spiro atoms. The van der Waals surface area contributed by atoms with Crippen molar-refractivity contribution >= 4 is 17.3 Å². The molecule has 110 valence electrons. The molecule has 1 heterocycles. The maximum Gasteiger partial charge on any atom is 0.335 e. The van der Waals surface area contributed by atoms with Gasteiger partial charge in [0.1, 0.15) is 0 Å². The van der Waals surface area contributed by atoms with Gasteiger partial charge in [-0.15, -0.1) is 0 Å². The fourth-order valence-corrected chi connectivity index (χ4v) is 2.58. The molecule has 1 aliphatic heterocycles. The van der Waals surface area contributed by atoms with Crippen molar-refractivity contribution in [1.82, 2.24) is 0 Å². The molecule has 2 rings (SSSR count). The third kappa shape index (κ3) is 3.63. The van der Waals surface area contributed by atoms with Crippen LogP contribution in [0.4, 0.5) is 11.4 Å². The van der Waals surface area contributed by atoms with E-state index in [1.54, 1.807) is 12.1 Å². The summed E-state index contributed by atoms with van der Waals surface area (Å²) in [4.78, 5) is 12.9. The first-order chi connectivity index (χ1) is 9.58. The van der Waals surface area contributed by atoms with E-state index in [9.17, 15) is 4.79 Å². The highest BCUT2D eigenvalue weighted by molar-refractivity contribution is 5.90. The van der Waals surface area contributed by atoms with Gasteiger partial charge in [0.05, 0.1) is 23.0 Å². The van der Waals surface area contributed by atoms with Crippen molar-refractivity contribution in [2.45, 2.75) is 31.8 Å². The third-order valence-corrected chi connectivity index (χ3v) is 3.73. The van der Waals surface area contributed by atoms with E-state index in [0.717, 1.165) is 31.7 Å². The van der Waals surface area contributed by atoms with Crippen LogP contribution in [-0.4, -0.2) is 37.4 Å². The Morgan fingerprint density at radius 1 is 1.55 bits per heavy atom. The molecule has 0 aromatic heterocycles. The zero-order valence-electron chi connectivity index (χ0n) is 11.8. The summed E-state index contributed by atoms with van der Waals surface area (Å²) in [6.07, 6.45) is 4.86. The summed E-state index contributed by atoms with van der Waals surface area (Å²) in [5.74, 6) is -0.954. The molecule has 1 saturated heterocycles. The molecule has 5 nitrogen and oxygen atoms in total. The van der Waals surface area contributed by atoms with Crippen molar-refractivity contribution < 1.29 is 14.6 Å². The number of carboxylic acid groups (broad SMARTS) is 1. The molecule has 0 aliphatic carbocycles. The summed E-state index contributed by atoms with van der Waals surface area (Å²) in [5.41, 5.74) is 7.53. The molecule has 0 bridgehead atoms. The lowest BCUT2D eigenvalue weighted by molar-refractivity contribution is 0.0697. The lowest BCUT2D eigenvalue weighted by Gasteiger charge is -2.22. The molecule has 1 unspecified atom stereocenters. The molecule has 1 atom stereocenters. The van der Waals surface area contributed by atoms with Gasteiger partial charge < -0.3 is 20.5 Å². The lowest BCUT2D eigenvalue weighted by Crippen LogP contribution is -2.21. The van der Waals surface area contributed by atoms with Crippen LogP contribution in [0.15, 0.2) is 18.2 Å². The Balaban J connectivity index is 1.88. The maximum atomic E-state index is 10.9. The van der Waals surface area contributed by atoms with E-state index in [4.69, 9.17) is 15.6 Å². The number of nitrogens with zero attached hydrogens (tertiary/aromatic N) is 1. The van der Waals surface area contributed by atoms with Crippen molar-refractivity contribution in [3.8, 4) is 0 Å². The molecular formula is C15H22N2O3. The van der Waals surface area contributed by atoms with Gasteiger partial charge in [0.25, 0.3) is 0 Å². The number of aromatic carboxylic acids is 1. The van der Waals surface area contributed by atoms with Gasteiger partial charge in [-0.25, -0.2) is 4.79 Å². The van der Waals surface area contributed by atoms with E-state index < -0.39 is 5.97 Å². The molecule has 1 aromatic rings. The van der Waals surface area contributed by atoms with Crippen LogP contribution in [0.2, 0.25) is 0 Å². The van der Waals surface area contributed by atoms with Crippen LogP contribution in [0.25, 0.3) is 0 Å². The Morgan fingerprint density at radius 3 is 2.95 bits per heavy atom. The van der Waals surface area contributed by atoms with E-state index in [-0.39, 0.29) is 5.56 Å². The van der Waals surface area contributed by atoms with Gasteiger partial charge in [0.2, 0.25) is 0 Å². The van der Waals surface area contributed by atoms with Crippen molar-refractivity contribution in [2.24, 2.45) is 0 Å². The quantitative estimate of drug-likeness (QED) is 0.781. The van der Waals surface area contributed by atoms with Gasteiger partial charge in [-0.3, -0.25) is 0 Å². The molecule has 1 aromatic carbocycles. The zero-order chi connectivity index (χ0) is 14.5. The number of carboxylic acids is 1. The van der Waals surface area contributed by atoms with Crippen LogP contribution in [0.1, 0.15) is 36.0 Å². The minimum absolute atomic E-state index is 0.221. The number of hydrogen-bond acceptors (Lipinski definition) is 4. The summed E-state index contributed by atoms with van der Waals surface area (Å²) in [6, 6.07) is 4.86. The Morgan fingerprint density at radius 2 is 2.35 bits per heavy atom. The summed E-state index contributed by atoms with van der Waals surface area (Å²) in [5, 5.41) is 8.92. The fraction of sp³-hybridized carbons (Fsp3) is 0.533. The number of rotatable bonds is 6. The van der Waals surface area contributed by atoms with E-state index in [0.29, 0.717) is 11.8 Å². The first-order valence-electron chi connectivity index (χ1n) is 7.03. The van der Waals surface area contributed by atoms with Crippen molar-refractivity contribution in [2.75, 3.05) is 30.8 Å². The number of benzene rings is 1. The van der Waals surface area contributed by atoms with Crippen LogP contribution in [0.3, 0.4) is 0 Å². The molecule has 0 radical (unpaired) electrons. The Labute approximate surface area is 119 Å². The van der Waals surface area contributed by atoms with Gasteiger partial charge in [-0.2, -0.15) is 0 Å². The van der Waals surface area contributed by atoms with Crippen molar-refractivity contribution in [1.29, 1.82) is 0 Å². The van der Waals surface area contributed by atoms with Crippen LogP contribution in [0.5, 0.6) is 0 Å². The standard InChI is InChI=1S/C15H22N2O3/c1-17(8-2-4-12-5-3-9-20-12)14-7-6-11(15(18)19)10-13(14)16/h6-7,10,12H,2-5,8-9,16H2,1H3,(H,18,19). The van der Waals surface area contributed by atoms with Gasteiger partial charge in [-0.1, -0.05) is 0 Å². The normalized spacial score (nSPS) is 18.1. The van der Waals surface area contributed by atoms with E-state index in [2.05, 4.69) is 4.90 Å². The Bertz CT molecular complexity index is 470. The third-order valence-electron chi connectivity index (χ3n) is 3.73. The molecule has 0 saturated carbocycles. The minimum atomic E-state index is -0.954. The highest BCUT2D eigenvalue weighted by Crippen LogP contribution is 2.24. The molecular weight excluding hydrogens is 256 g/mol. The summed E-state index contributed by atoms with van der Waals surface area (Å²) in [7, 11) is 1.97. The highest BCUT2D eigenvalue weighted by Gasteiger charge is 2.15. The summed E-state index contributed by atoms with van der Waals surface area (Å²) < 4.78 is 5.60. The van der Waals surface area contributed by atoms with E-state index in [1.165, 1.54) is 18.9 Å². The van der Waals surface area contributed by atoms with Crippen LogP contribution in [-0.2, 0) is 4.74 Å². The first kappa shape index (κ1) is 14.7. The second-order valence-electron chi connectivity index (χ2n) is 5.28. The van der Waals surface area contributed by atoms with E-state index in [1.807, 2.05) is 7.05 Å². The topological polar surface area (TPSA) is 75.8 Å². The molecule has 20 heavy (non-hydrogen) atoms. The predicted molar refractivity (Wildman–Crippen MR) is 79.3 cm³/mol. The summed E-state index contributed by atoms with van der Waals surface area (Å²) in [6.45, 7) is 1.78. The van der Waals surface area contributed by atoms with Gasteiger partial charge >= 0.3 is 5.97 Å². The number of nitrogen functional groups attached to an aromatic ring is 1. The van der Waals surface area contributed by atoms with Gasteiger partial charge in [-0.05, 0) is 43.9 Å². The first-order valence-corrected chi connectivity index (χ1v) is 7.03. The zero-order valence-corrected chi connectivity index (χ0v) is 11.8. The largest absolute Gasteiger partial charge is 0.478 e. The van der Waals surface area contributed by atoms with Crippen LogP contribution >= 0.6 is 0 Å². The fourth-order valence-electron chi connectivity index (χ4n) is 2.58.